The molecule has 4 heteroatoms. The molecule has 136 valence electrons. The second-order valence-corrected chi connectivity index (χ2v) is 8.75. The molecule has 3 rings (SSSR count). The average molecular weight is 421 g/mol. The van der Waals surface area contributed by atoms with Gasteiger partial charge in [0, 0.05) is 34.1 Å². The van der Waals surface area contributed by atoms with E-state index in [2.05, 4.69) is 64.0 Å². The van der Waals surface area contributed by atoms with E-state index in [4.69, 9.17) is 4.99 Å². The highest BCUT2D eigenvalue weighted by Gasteiger charge is 2.43. The maximum absolute atomic E-state index is 4.93. The normalized spacial score (nSPS) is 16.8. The molecule has 1 fully saturated rings. The van der Waals surface area contributed by atoms with Crippen LogP contribution in [0.5, 0.6) is 0 Å². The molecule has 0 radical (unpaired) electrons. The van der Waals surface area contributed by atoms with E-state index < -0.39 is 0 Å². The Morgan fingerprint density at radius 3 is 2.56 bits per heavy atom. The van der Waals surface area contributed by atoms with Gasteiger partial charge in [0.1, 0.15) is 0 Å². The van der Waals surface area contributed by atoms with Crippen molar-refractivity contribution in [3.05, 3.63) is 50.2 Å². The number of hydrogen-bond donors (Lipinski definition) is 0. The highest BCUT2D eigenvalue weighted by atomic mass is 79.9. The molecule has 25 heavy (non-hydrogen) atoms. The number of rotatable bonds is 8. The van der Waals surface area contributed by atoms with Gasteiger partial charge in [-0.3, -0.25) is 4.99 Å². The van der Waals surface area contributed by atoms with E-state index in [-0.39, 0.29) is 5.41 Å². The monoisotopic (exact) mass is 420 g/mol. The summed E-state index contributed by atoms with van der Waals surface area (Å²) in [6.07, 6.45) is 8.62. The second kappa shape index (κ2) is 8.68. The Balaban J connectivity index is 2.05. The molecule has 0 atom stereocenters. The van der Waals surface area contributed by atoms with Crippen LogP contribution in [0.25, 0.3) is 0 Å². The molecule has 0 aliphatic heterocycles. The predicted octanol–water partition coefficient (Wildman–Crippen LogP) is 6.28. The Bertz CT molecular complexity index is 755. The molecule has 0 unspecified atom stereocenters. The van der Waals surface area contributed by atoms with Gasteiger partial charge < -0.3 is 4.57 Å². The van der Waals surface area contributed by atoms with Gasteiger partial charge in [0.25, 0.3) is 0 Å². The summed E-state index contributed by atoms with van der Waals surface area (Å²) in [6, 6.07) is 8.78. The van der Waals surface area contributed by atoms with Crippen molar-refractivity contribution in [1.29, 1.82) is 0 Å². The fourth-order valence-corrected chi connectivity index (χ4v) is 5.46. The topological polar surface area (TPSA) is 17.3 Å². The summed E-state index contributed by atoms with van der Waals surface area (Å²) in [4.78, 5) is 6.15. The van der Waals surface area contributed by atoms with Crippen LogP contribution in [0.4, 0.5) is 0 Å². The van der Waals surface area contributed by atoms with E-state index >= 15 is 0 Å². The molecule has 1 heterocycles. The number of nitrogens with zero attached hydrogens (tertiary/aromatic N) is 2. The number of halogens is 1. The first-order valence-electron chi connectivity index (χ1n) is 9.67. The van der Waals surface area contributed by atoms with Crippen molar-refractivity contribution in [2.45, 2.75) is 70.8 Å². The molecule has 1 aliphatic carbocycles. The van der Waals surface area contributed by atoms with Gasteiger partial charge in [0.2, 0.25) is 0 Å². The minimum absolute atomic E-state index is 0.170. The molecule has 1 saturated carbocycles. The van der Waals surface area contributed by atoms with E-state index in [1.807, 2.05) is 11.3 Å². The number of benzene rings is 1. The van der Waals surface area contributed by atoms with Gasteiger partial charge in [-0.15, -0.1) is 11.3 Å². The molecule has 1 aromatic carbocycles. The largest absolute Gasteiger partial charge is 0.320 e. The van der Waals surface area contributed by atoms with Crippen LogP contribution in [-0.2, 0) is 12.0 Å². The summed E-state index contributed by atoms with van der Waals surface area (Å²) in [7, 11) is 0. The molecule has 0 N–H and O–H groups in total. The third-order valence-electron chi connectivity index (χ3n) is 5.38. The molecule has 0 bridgehead atoms. The van der Waals surface area contributed by atoms with E-state index in [0.29, 0.717) is 0 Å². The van der Waals surface area contributed by atoms with Crippen LogP contribution in [-0.4, -0.2) is 11.1 Å². The first-order chi connectivity index (χ1) is 12.2. The number of aromatic nitrogens is 1. The SMILES string of the molecule is CCCCN=c1scc(C2(c3ccccc3Br)CCC2)n1CCCC. The maximum Gasteiger partial charge on any atom is 0.184 e. The summed E-state index contributed by atoms with van der Waals surface area (Å²) >= 11 is 5.64. The van der Waals surface area contributed by atoms with Crippen LogP contribution in [0.2, 0.25) is 0 Å². The predicted molar refractivity (Wildman–Crippen MR) is 111 cm³/mol. The van der Waals surface area contributed by atoms with Crippen LogP contribution >= 0.6 is 27.3 Å². The van der Waals surface area contributed by atoms with Crippen molar-refractivity contribution in [2.24, 2.45) is 4.99 Å². The molecule has 0 saturated heterocycles. The van der Waals surface area contributed by atoms with E-state index in [1.165, 1.54) is 65.5 Å². The first-order valence-corrected chi connectivity index (χ1v) is 11.3. The second-order valence-electron chi connectivity index (χ2n) is 7.06. The molecule has 1 aromatic heterocycles. The lowest BCUT2D eigenvalue weighted by molar-refractivity contribution is 0.280. The Morgan fingerprint density at radius 2 is 1.92 bits per heavy atom. The summed E-state index contributed by atoms with van der Waals surface area (Å²) in [5.74, 6) is 0. The van der Waals surface area contributed by atoms with Gasteiger partial charge in [-0.05, 0) is 37.3 Å². The van der Waals surface area contributed by atoms with Crippen LogP contribution in [0.1, 0.15) is 70.1 Å². The lowest BCUT2D eigenvalue weighted by Crippen LogP contribution is -2.39. The van der Waals surface area contributed by atoms with Crippen molar-refractivity contribution < 1.29 is 0 Å². The molecule has 0 amide bonds. The summed E-state index contributed by atoms with van der Waals surface area (Å²) in [5, 5.41) is 2.39. The van der Waals surface area contributed by atoms with Gasteiger partial charge in [0.15, 0.2) is 4.80 Å². The quantitative estimate of drug-likeness (QED) is 0.446. The minimum Gasteiger partial charge on any atom is -0.320 e. The zero-order chi connectivity index (χ0) is 17.7. The third kappa shape index (κ3) is 3.80. The zero-order valence-corrected chi connectivity index (χ0v) is 17.8. The van der Waals surface area contributed by atoms with Crippen molar-refractivity contribution >= 4 is 27.3 Å². The average Bonchev–Trinajstić information content (AvgIpc) is 2.97. The fourth-order valence-electron chi connectivity index (χ4n) is 3.74. The molecule has 2 aromatic rings. The number of unbranched alkanes of at least 4 members (excludes halogenated alkanes) is 2. The van der Waals surface area contributed by atoms with Crippen LogP contribution in [0, 0.1) is 0 Å². The summed E-state index contributed by atoms with van der Waals surface area (Å²) < 4.78 is 3.77. The van der Waals surface area contributed by atoms with Crippen LogP contribution in [0.3, 0.4) is 0 Å². The molecule has 1 aliphatic rings. The van der Waals surface area contributed by atoms with E-state index in [0.717, 1.165) is 13.1 Å². The zero-order valence-electron chi connectivity index (χ0n) is 15.4. The van der Waals surface area contributed by atoms with Gasteiger partial charge in [-0.25, -0.2) is 0 Å². The minimum atomic E-state index is 0.170. The van der Waals surface area contributed by atoms with Crippen molar-refractivity contribution in [3.8, 4) is 0 Å². The van der Waals surface area contributed by atoms with Crippen molar-refractivity contribution in [1.82, 2.24) is 4.57 Å². The molecule has 0 spiro atoms. The highest BCUT2D eigenvalue weighted by Crippen LogP contribution is 2.51. The Labute approximate surface area is 164 Å². The lowest BCUT2D eigenvalue weighted by Gasteiger charge is -2.43. The van der Waals surface area contributed by atoms with E-state index in [1.54, 1.807) is 0 Å². The third-order valence-corrected chi connectivity index (χ3v) is 6.97. The summed E-state index contributed by atoms with van der Waals surface area (Å²) in [5.41, 5.74) is 3.10. The Kier molecular flexibility index (Phi) is 6.56. The maximum atomic E-state index is 4.93. The van der Waals surface area contributed by atoms with Crippen molar-refractivity contribution in [2.75, 3.05) is 6.54 Å². The Hall–Kier alpha value is -0.870. The Morgan fingerprint density at radius 1 is 1.16 bits per heavy atom. The number of hydrogen-bond acceptors (Lipinski definition) is 2. The lowest BCUT2D eigenvalue weighted by atomic mass is 9.62. The molecular weight excluding hydrogens is 392 g/mol. The highest BCUT2D eigenvalue weighted by molar-refractivity contribution is 9.10. The first kappa shape index (κ1) is 18.9. The number of thiazole rings is 1. The van der Waals surface area contributed by atoms with Gasteiger partial charge in [0.05, 0.1) is 0 Å². The van der Waals surface area contributed by atoms with Gasteiger partial charge in [-0.1, -0.05) is 67.2 Å². The van der Waals surface area contributed by atoms with E-state index in [9.17, 15) is 0 Å². The smallest absolute Gasteiger partial charge is 0.184 e. The fraction of sp³-hybridized carbons (Fsp3) is 0.571. The molecular formula is C21H29BrN2S. The standard InChI is InChI=1S/C21H29BrN2S/c1-3-5-14-23-20-24(15-6-4-2)19(16-25-20)21(12-9-13-21)17-10-7-8-11-18(17)22/h7-8,10-11,16H,3-6,9,12-15H2,1-2H3. The van der Waals surface area contributed by atoms with Gasteiger partial charge >= 0.3 is 0 Å². The van der Waals surface area contributed by atoms with Crippen molar-refractivity contribution in [3.63, 3.8) is 0 Å². The van der Waals surface area contributed by atoms with Gasteiger partial charge in [-0.2, -0.15) is 0 Å². The van der Waals surface area contributed by atoms with Crippen LogP contribution < -0.4 is 4.80 Å². The van der Waals surface area contributed by atoms with Crippen LogP contribution in [0.15, 0.2) is 39.1 Å². The summed E-state index contributed by atoms with van der Waals surface area (Å²) in [6.45, 7) is 6.54. The molecule has 2 nitrogen and oxygen atoms in total.